The fourth-order valence-corrected chi connectivity index (χ4v) is 4.54. The van der Waals surface area contributed by atoms with Crippen LogP contribution in [0.1, 0.15) is 43.7 Å². The summed E-state index contributed by atoms with van der Waals surface area (Å²) in [5.74, 6) is 0.901. The number of nitrogens with zero attached hydrogens (tertiary/aromatic N) is 3. The van der Waals surface area contributed by atoms with Crippen molar-refractivity contribution in [3.05, 3.63) is 113 Å². The van der Waals surface area contributed by atoms with Crippen LogP contribution < -0.4 is 0 Å². The first-order valence-corrected chi connectivity index (χ1v) is 11.2. The van der Waals surface area contributed by atoms with E-state index in [1.54, 1.807) is 0 Å². The molecule has 1 atom stereocenters. The van der Waals surface area contributed by atoms with E-state index in [0.717, 1.165) is 22.1 Å². The van der Waals surface area contributed by atoms with E-state index in [2.05, 4.69) is 26.9 Å². The van der Waals surface area contributed by atoms with Crippen molar-refractivity contribution in [2.45, 2.75) is 37.7 Å². The first kappa shape index (κ1) is 21.1. The first-order chi connectivity index (χ1) is 15.0. The van der Waals surface area contributed by atoms with Gasteiger partial charge in [-0.2, -0.15) is 0 Å². The van der Waals surface area contributed by atoms with E-state index in [-0.39, 0.29) is 5.78 Å². The summed E-state index contributed by atoms with van der Waals surface area (Å²) in [6.07, 6.45) is 0. The zero-order chi connectivity index (χ0) is 21.8. The number of rotatable bonds is 7. The van der Waals surface area contributed by atoms with Crippen LogP contribution in [0.25, 0.3) is 0 Å². The molecule has 0 fully saturated rings. The van der Waals surface area contributed by atoms with E-state index < -0.39 is 5.25 Å². The van der Waals surface area contributed by atoms with Crippen LogP contribution in [0.15, 0.2) is 84.0 Å². The zero-order valence-electron chi connectivity index (χ0n) is 17.9. The molecule has 0 radical (unpaired) electrons. The number of carbonyl (C=O) groups is 1. The lowest BCUT2D eigenvalue weighted by molar-refractivity contribution is 0.0989. The number of hydrogen-bond donors (Lipinski definition) is 0. The minimum absolute atomic E-state index is 0.0702. The largest absolute Gasteiger partial charge is 0.302 e. The number of aryl methyl sites for hydroxylation is 3. The van der Waals surface area contributed by atoms with Crippen molar-refractivity contribution in [1.29, 1.82) is 0 Å². The molecule has 1 heterocycles. The van der Waals surface area contributed by atoms with E-state index in [0.29, 0.717) is 12.1 Å². The van der Waals surface area contributed by atoms with Crippen LogP contribution in [0, 0.1) is 20.8 Å². The third kappa shape index (κ3) is 4.94. The molecular weight excluding hydrogens is 402 g/mol. The van der Waals surface area contributed by atoms with Crippen LogP contribution in [-0.2, 0) is 6.54 Å². The predicted octanol–water partition coefficient (Wildman–Crippen LogP) is 5.97. The average Bonchev–Trinajstić information content (AvgIpc) is 3.12. The number of Topliss-reactive ketones (excluding diaryl/α,β-unsaturated/α-hetero) is 1. The van der Waals surface area contributed by atoms with Crippen molar-refractivity contribution >= 4 is 17.5 Å². The van der Waals surface area contributed by atoms with Gasteiger partial charge in [-0.15, -0.1) is 10.2 Å². The Morgan fingerprint density at radius 3 is 2.10 bits per heavy atom. The minimum Gasteiger partial charge on any atom is -0.302 e. The summed E-state index contributed by atoms with van der Waals surface area (Å²) in [6, 6.07) is 26.1. The molecule has 0 amide bonds. The summed E-state index contributed by atoms with van der Waals surface area (Å²) in [5.41, 5.74) is 5.14. The molecule has 31 heavy (non-hydrogen) atoms. The summed E-state index contributed by atoms with van der Waals surface area (Å²) in [6.45, 7) is 6.69. The van der Waals surface area contributed by atoms with Crippen LogP contribution in [0.5, 0.6) is 0 Å². The molecule has 0 bridgehead atoms. The smallest absolute Gasteiger partial charge is 0.192 e. The number of hydrogen-bond acceptors (Lipinski definition) is 4. The van der Waals surface area contributed by atoms with Gasteiger partial charge in [0, 0.05) is 5.56 Å². The van der Waals surface area contributed by atoms with Crippen LogP contribution in [0.3, 0.4) is 0 Å². The van der Waals surface area contributed by atoms with Gasteiger partial charge in [-0.3, -0.25) is 4.79 Å². The molecule has 1 aromatic heterocycles. The molecule has 4 rings (SSSR count). The van der Waals surface area contributed by atoms with Gasteiger partial charge in [0.05, 0.1) is 6.54 Å². The van der Waals surface area contributed by atoms with Crippen molar-refractivity contribution in [3.8, 4) is 0 Å². The van der Waals surface area contributed by atoms with Crippen LogP contribution >= 0.6 is 11.8 Å². The molecule has 4 nitrogen and oxygen atoms in total. The fraction of sp³-hybridized carbons (Fsp3) is 0.192. The molecule has 0 aliphatic rings. The zero-order valence-corrected chi connectivity index (χ0v) is 18.8. The summed E-state index contributed by atoms with van der Waals surface area (Å²) in [5, 5.41) is 9.05. The molecule has 0 N–H and O–H groups in total. The molecular formula is C26H25N3OS. The topological polar surface area (TPSA) is 47.8 Å². The van der Waals surface area contributed by atoms with Gasteiger partial charge in [-0.05, 0) is 31.9 Å². The molecule has 0 saturated carbocycles. The number of ketones is 1. The van der Waals surface area contributed by atoms with Crippen molar-refractivity contribution in [2.75, 3.05) is 0 Å². The number of benzene rings is 3. The van der Waals surface area contributed by atoms with Gasteiger partial charge < -0.3 is 4.57 Å². The summed E-state index contributed by atoms with van der Waals surface area (Å²) in [4.78, 5) is 13.5. The monoisotopic (exact) mass is 427 g/mol. The Hall–Kier alpha value is -3.18. The first-order valence-electron chi connectivity index (χ1n) is 10.3. The molecule has 0 saturated heterocycles. The Morgan fingerprint density at radius 2 is 1.45 bits per heavy atom. The SMILES string of the molecule is Cc1ccc(C(=O)[C@H](Sc2nnc(C)n2Cc2ccccc2)c2ccc(C)cc2)cc1. The van der Waals surface area contributed by atoms with Crippen LogP contribution in [0.2, 0.25) is 0 Å². The van der Waals surface area contributed by atoms with Crippen LogP contribution in [0.4, 0.5) is 0 Å². The summed E-state index contributed by atoms with van der Waals surface area (Å²) < 4.78 is 2.07. The standard InChI is InChI=1S/C26H25N3OS/c1-18-9-13-22(14-10-18)24(30)25(23-15-11-19(2)12-16-23)31-26-28-27-20(3)29(26)17-21-7-5-4-6-8-21/h4-16,25H,17H2,1-3H3/t25-/m1/s1. The van der Waals surface area contributed by atoms with Gasteiger partial charge in [0.25, 0.3) is 0 Å². The van der Waals surface area contributed by atoms with Crippen LogP contribution in [-0.4, -0.2) is 20.5 Å². The number of carbonyl (C=O) groups excluding carboxylic acids is 1. The Balaban J connectivity index is 1.69. The normalized spacial score (nSPS) is 12.0. The molecule has 0 unspecified atom stereocenters. The fourth-order valence-electron chi connectivity index (χ4n) is 3.39. The molecule has 5 heteroatoms. The highest BCUT2D eigenvalue weighted by Crippen LogP contribution is 2.37. The Labute approximate surface area is 187 Å². The maximum absolute atomic E-state index is 13.5. The lowest BCUT2D eigenvalue weighted by Gasteiger charge is -2.17. The lowest BCUT2D eigenvalue weighted by atomic mass is 10.0. The number of thioether (sulfide) groups is 1. The molecule has 0 aliphatic carbocycles. The Morgan fingerprint density at radius 1 is 0.839 bits per heavy atom. The van der Waals surface area contributed by atoms with Crippen molar-refractivity contribution in [1.82, 2.24) is 14.8 Å². The number of aromatic nitrogens is 3. The quantitative estimate of drug-likeness (QED) is 0.269. The Bertz CT molecular complexity index is 1170. The maximum atomic E-state index is 13.5. The van der Waals surface area contributed by atoms with Crippen molar-refractivity contribution in [2.24, 2.45) is 0 Å². The highest BCUT2D eigenvalue weighted by atomic mass is 32.2. The summed E-state index contributed by atoms with van der Waals surface area (Å²) >= 11 is 1.46. The molecule has 0 aliphatic heterocycles. The highest BCUT2D eigenvalue weighted by molar-refractivity contribution is 8.00. The minimum atomic E-state index is -0.401. The van der Waals surface area contributed by atoms with Gasteiger partial charge >= 0.3 is 0 Å². The van der Waals surface area contributed by atoms with E-state index >= 15 is 0 Å². The van der Waals surface area contributed by atoms with Gasteiger partial charge in [0.1, 0.15) is 11.1 Å². The average molecular weight is 428 g/mol. The second-order valence-electron chi connectivity index (χ2n) is 7.74. The van der Waals surface area contributed by atoms with Gasteiger partial charge in [0.15, 0.2) is 10.9 Å². The van der Waals surface area contributed by atoms with Gasteiger partial charge in [-0.1, -0.05) is 102 Å². The summed E-state index contributed by atoms with van der Waals surface area (Å²) in [7, 11) is 0. The van der Waals surface area contributed by atoms with E-state index in [1.807, 2.05) is 87.5 Å². The van der Waals surface area contributed by atoms with E-state index in [9.17, 15) is 4.79 Å². The van der Waals surface area contributed by atoms with Crippen molar-refractivity contribution in [3.63, 3.8) is 0 Å². The predicted molar refractivity (Wildman–Crippen MR) is 126 cm³/mol. The second-order valence-corrected chi connectivity index (χ2v) is 8.81. The van der Waals surface area contributed by atoms with Crippen molar-refractivity contribution < 1.29 is 4.79 Å². The van der Waals surface area contributed by atoms with Gasteiger partial charge in [-0.25, -0.2) is 0 Å². The molecule has 156 valence electrons. The molecule has 3 aromatic carbocycles. The third-order valence-corrected chi connectivity index (χ3v) is 6.50. The lowest BCUT2D eigenvalue weighted by Crippen LogP contribution is -2.12. The maximum Gasteiger partial charge on any atom is 0.192 e. The van der Waals surface area contributed by atoms with Gasteiger partial charge in [0.2, 0.25) is 0 Å². The molecule has 0 spiro atoms. The van der Waals surface area contributed by atoms with E-state index in [4.69, 9.17) is 0 Å². The van der Waals surface area contributed by atoms with E-state index in [1.165, 1.54) is 22.9 Å². The Kier molecular flexibility index (Phi) is 6.33. The third-order valence-electron chi connectivity index (χ3n) is 5.26. The molecule has 4 aromatic rings. The highest BCUT2D eigenvalue weighted by Gasteiger charge is 2.26. The second kappa shape index (κ2) is 9.31.